The Morgan fingerprint density at radius 3 is 1.93 bits per heavy atom. The van der Waals surface area contributed by atoms with Gasteiger partial charge in [-0.25, -0.2) is 8.78 Å². The molecule has 1 rings (SSSR count). The third-order valence-electron chi connectivity index (χ3n) is 1.62. The first-order valence-electron chi connectivity index (χ1n) is 3.55. The van der Waals surface area contributed by atoms with Crippen LogP contribution in [0.3, 0.4) is 0 Å². The van der Waals surface area contributed by atoms with Gasteiger partial charge in [-0.3, -0.25) is 0 Å². The van der Waals surface area contributed by atoms with Crippen molar-refractivity contribution in [3.8, 4) is 0 Å². The zero-order valence-corrected chi connectivity index (χ0v) is 9.10. The molecular formula is C9H5Cl3F2. The highest BCUT2D eigenvalue weighted by molar-refractivity contribution is 6.48. The molecule has 1 aromatic rings. The van der Waals surface area contributed by atoms with E-state index in [9.17, 15) is 8.78 Å². The Morgan fingerprint density at radius 1 is 1.14 bits per heavy atom. The molecular weight excluding hydrogens is 252 g/mol. The molecule has 0 N–H and O–H groups in total. The average Bonchev–Trinajstić information content (AvgIpc) is 2.12. The summed E-state index contributed by atoms with van der Waals surface area (Å²) in [6.45, 7) is 3.23. The molecule has 0 bridgehead atoms. The van der Waals surface area contributed by atoms with Gasteiger partial charge in [-0.1, -0.05) is 41.4 Å². The van der Waals surface area contributed by atoms with Crippen LogP contribution in [0, 0.1) is 0 Å². The molecule has 0 unspecified atom stereocenters. The number of hydrogen-bond acceptors (Lipinski definition) is 0. The normalized spacial score (nSPS) is 10.7. The Bertz CT molecular complexity index is 351. The van der Waals surface area contributed by atoms with Crippen LogP contribution in [0.25, 0.3) is 5.57 Å². The number of allylic oxidation sites excluding steroid dienone is 1. The third kappa shape index (κ3) is 2.38. The maximum atomic E-state index is 12.3. The molecule has 0 aliphatic carbocycles. The lowest BCUT2D eigenvalue weighted by Crippen LogP contribution is -1.94. The quantitative estimate of drug-likeness (QED) is 0.659. The zero-order chi connectivity index (χ0) is 10.9. The Balaban J connectivity index is 3.19. The van der Waals surface area contributed by atoms with E-state index in [0.717, 1.165) is 0 Å². The Labute approximate surface area is 95.1 Å². The SMILES string of the molecule is C=C(c1cc(Cl)c(Cl)c(Cl)c1)C(F)F. The van der Waals surface area contributed by atoms with E-state index in [-0.39, 0.29) is 26.2 Å². The predicted molar refractivity (Wildman–Crippen MR) is 56.5 cm³/mol. The molecule has 0 fully saturated rings. The molecule has 0 aliphatic heterocycles. The minimum absolute atomic E-state index is 0.135. The number of rotatable bonds is 2. The molecule has 14 heavy (non-hydrogen) atoms. The first-order valence-corrected chi connectivity index (χ1v) is 4.68. The average molecular weight is 257 g/mol. The highest BCUT2D eigenvalue weighted by Gasteiger charge is 2.14. The topological polar surface area (TPSA) is 0 Å². The largest absolute Gasteiger partial charge is 0.263 e. The number of benzene rings is 1. The smallest absolute Gasteiger partial charge is 0.205 e. The molecule has 0 saturated heterocycles. The molecule has 0 saturated carbocycles. The minimum Gasteiger partial charge on any atom is -0.205 e. The molecule has 0 aliphatic rings. The highest BCUT2D eigenvalue weighted by Crippen LogP contribution is 2.34. The van der Waals surface area contributed by atoms with Gasteiger partial charge < -0.3 is 0 Å². The zero-order valence-electron chi connectivity index (χ0n) is 6.83. The Hall–Kier alpha value is -0.310. The van der Waals surface area contributed by atoms with Gasteiger partial charge in [0.15, 0.2) is 0 Å². The summed E-state index contributed by atoms with van der Waals surface area (Å²) in [5, 5.41) is 0.422. The van der Waals surface area contributed by atoms with Crippen LogP contribution >= 0.6 is 34.8 Å². The van der Waals surface area contributed by atoms with E-state index in [1.165, 1.54) is 12.1 Å². The lowest BCUT2D eigenvalue weighted by Gasteiger charge is -2.07. The fraction of sp³-hybridized carbons (Fsp3) is 0.111. The van der Waals surface area contributed by atoms with Gasteiger partial charge in [-0.15, -0.1) is 0 Å². The van der Waals surface area contributed by atoms with Crippen molar-refractivity contribution in [1.82, 2.24) is 0 Å². The molecule has 0 radical (unpaired) electrons. The van der Waals surface area contributed by atoms with Crippen LogP contribution in [0.5, 0.6) is 0 Å². The molecule has 0 atom stereocenters. The highest BCUT2D eigenvalue weighted by atomic mass is 35.5. The van der Waals surface area contributed by atoms with E-state index in [1.54, 1.807) is 0 Å². The first kappa shape index (κ1) is 11.8. The standard InChI is InChI=1S/C9H5Cl3F2/c1-4(9(13)14)5-2-6(10)8(12)7(11)3-5/h2-3,9H,1H2. The Kier molecular flexibility index (Phi) is 3.76. The van der Waals surface area contributed by atoms with Crippen molar-refractivity contribution < 1.29 is 8.78 Å². The molecule has 0 spiro atoms. The van der Waals surface area contributed by atoms with E-state index in [2.05, 4.69) is 6.58 Å². The van der Waals surface area contributed by atoms with Gasteiger partial charge in [-0.05, 0) is 17.7 Å². The third-order valence-corrected chi connectivity index (χ3v) is 2.81. The first-order chi connectivity index (χ1) is 6.43. The lowest BCUT2D eigenvalue weighted by atomic mass is 10.1. The van der Waals surface area contributed by atoms with Crippen molar-refractivity contribution in [3.05, 3.63) is 39.3 Å². The van der Waals surface area contributed by atoms with Crippen molar-refractivity contribution in [1.29, 1.82) is 0 Å². The molecule has 76 valence electrons. The molecule has 0 amide bonds. The second-order valence-electron chi connectivity index (χ2n) is 2.58. The van der Waals surface area contributed by atoms with Gasteiger partial charge >= 0.3 is 0 Å². The maximum Gasteiger partial charge on any atom is 0.263 e. The monoisotopic (exact) mass is 256 g/mol. The van der Waals surface area contributed by atoms with Crippen molar-refractivity contribution in [2.75, 3.05) is 0 Å². The van der Waals surface area contributed by atoms with Crippen molar-refractivity contribution in [2.45, 2.75) is 6.43 Å². The molecule has 1 aromatic carbocycles. The number of hydrogen-bond donors (Lipinski definition) is 0. The summed E-state index contributed by atoms with van der Waals surface area (Å²) in [5.74, 6) is 0. The van der Waals surface area contributed by atoms with Crippen LogP contribution in [-0.2, 0) is 0 Å². The van der Waals surface area contributed by atoms with E-state index >= 15 is 0 Å². The van der Waals surface area contributed by atoms with E-state index in [0.29, 0.717) is 0 Å². The van der Waals surface area contributed by atoms with Crippen molar-refractivity contribution in [2.24, 2.45) is 0 Å². The van der Waals surface area contributed by atoms with Gasteiger partial charge in [0, 0.05) is 5.57 Å². The van der Waals surface area contributed by atoms with Crippen LogP contribution in [0.2, 0.25) is 15.1 Å². The van der Waals surface area contributed by atoms with Crippen molar-refractivity contribution >= 4 is 40.4 Å². The van der Waals surface area contributed by atoms with Gasteiger partial charge in [0.2, 0.25) is 0 Å². The fourth-order valence-electron chi connectivity index (χ4n) is 0.867. The Morgan fingerprint density at radius 2 is 1.57 bits per heavy atom. The van der Waals surface area contributed by atoms with Gasteiger partial charge in [0.1, 0.15) is 0 Å². The summed E-state index contributed by atoms with van der Waals surface area (Å²) in [6.07, 6.45) is -2.64. The molecule has 5 heteroatoms. The summed E-state index contributed by atoms with van der Waals surface area (Å²) < 4.78 is 24.5. The molecule has 0 aromatic heterocycles. The molecule has 0 nitrogen and oxygen atoms in total. The maximum absolute atomic E-state index is 12.3. The minimum atomic E-state index is -2.64. The summed E-state index contributed by atoms with van der Waals surface area (Å²) in [4.78, 5) is 0. The van der Waals surface area contributed by atoms with E-state index in [1.807, 2.05) is 0 Å². The predicted octanol–water partition coefficient (Wildman–Crippen LogP) is 4.93. The summed E-state index contributed by atoms with van der Waals surface area (Å²) in [7, 11) is 0. The second kappa shape index (κ2) is 4.47. The van der Waals surface area contributed by atoms with Gasteiger partial charge in [0.25, 0.3) is 6.43 Å². The van der Waals surface area contributed by atoms with Crippen LogP contribution in [0.4, 0.5) is 8.78 Å². The number of halogens is 5. The van der Waals surface area contributed by atoms with E-state index in [4.69, 9.17) is 34.8 Å². The summed E-state index contributed by atoms with van der Waals surface area (Å²) in [5.41, 5.74) is -0.134. The van der Waals surface area contributed by atoms with Gasteiger partial charge in [-0.2, -0.15) is 0 Å². The number of alkyl halides is 2. The fourth-order valence-corrected chi connectivity index (χ4v) is 1.46. The summed E-state index contributed by atoms with van der Waals surface area (Å²) in [6, 6.07) is 2.62. The van der Waals surface area contributed by atoms with Crippen LogP contribution in [0.1, 0.15) is 5.56 Å². The molecule has 0 heterocycles. The van der Waals surface area contributed by atoms with Crippen LogP contribution in [0.15, 0.2) is 18.7 Å². The van der Waals surface area contributed by atoms with Crippen LogP contribution in [-0.4, -0.2) is 6.43 Å². The van der Waals surface area contributed by atoms with Crippen molar-refractivity contribution in [3.63, 3.8) is 0 Å². The van der Waals surface area contributed by atoms with Crippen LogP contribution < -0.4 is 0 Å². The van der Waals surface area contributed by atoms with Gasteiger partial charge in [0.05, 0.1) is 15.1 Å². The lowest BCUT2D eigenvalue weighted by molar-refractivity contribution is 0.215. The van der Waals surface area contributed by atoms with E-state index < -0.39 is 6.43 Å². The second-order valence-corrected chi connectivity index (χ2v) is 3.77. The summed E-state index contributed by atoms with van der Waals surface area (Å²) >= 11 is 17.0.